The molecule has 0 fully saturated rings. The topological polar surface area (TPSA) is 124 Å². The SMILES string of the molecule is COCON1C(=O)[C@@]2(C(C#N)=C(N)OC(c3ccccc3)=C2C(=O)OC)c2ccccc21. The Labute approximate surface area is 183 Å². The third-order valence-electron chi connectivity index (χ3n) is 5.30. The van der Waals surface area contributed by atoms with Crippen LogP contribution in [0.5, 0.6) is 0 Å². The lowest BCUT2D eigenvalue weighted by Crippen LogP contribution is -2.48. The Morgan fingerprint density at radius 3 is 2.50 bits per heavy atom. The molecule has 162 valence electrons. The summed E-state index contributed by atoms with van der Waals surface area (Å²) in [5.41, 5.74) is 4.97. The first-order valence-electron chi connectivity index (χ1n) is 9.54. The summed E-state index contributed by atoms with van der Waals surface area (Å²) in [6, 6.07) is 17.3. The second kappa shape index (κ2) is 8.19. The predicted molar refractivity (Wildman–Crippen MR) is 112 cm³/mol. The van der Waals surface area contributed by atoms with E-state index in [1.165, 1.54) is 14.2 Å². The first kappa shape index (κ1) is 21.1. The number of esters is 1. The highest BCUT2D eigenvalue weighted by atomic mass is 16.8. The fourth-order valence-electron chi connectivity index (χ4n) is 4.03. The lowest BCUT2D eigenvalue weighted by Gasteiger charge is -2.34. The first-order valence-corrected chi connectivity index (χ1v) is 9.54. The van der Waals surface area contributed by atoms with E-state index in [-0.39, 0.29) is 29.6 Å². The standard InChI is InChI=1S/C23H19N3O6/c1-29-13-31-26-17-11-7-6-10-15(17)23(22(26)28)16(12-24)20(25)32-19(18(23)21(27)30-2)14-8-4-3-5-9-14/h3-11H,13,25H2,1-2H3/t23-/m1/s1. The maximum Gasteiger partial charge on any atom is 0.339 e. The highest BCUT2D eigenvalue weighted by molar-refractivity contribution is 6.19. The summed E-state index contributed by atoms with van der Waals surface area (Å²) in [7, 11) is 2.59. The van der Waals surface area contributed by atoms with Gasteiger partial charge in [-0.05, 0) is 6.07 Å². The molecule has 0 saturated heterocycles. The van der Waals surface area contributed by atoms with Crippen molar-refractivity contribution >= 4 is 23.3 Å². The number of hydroxylamine groups is 1. The molecule has 1 atom stereocenters. The summed E-state index contributed by atoms with van der Waals surface area (Å²) in [6.45, 7) is -0.240. The fourth-order valence-corrected chi connectivity index (χ4v) is 4.03. The van der Waals surface area contributed by atoms with E-state index in [0.717, 1.165) is 5.06 Å². The molecule has 2 aromatic rings. The molecule has 4 rings (SSSR count). The van der Waals surface area contributed by atoms with Crippen molar-refractivity contribution in [2.24, 2.45) is 5.73 Å². The molecule has 0 bridgehead atoms. The Bertz CT molecular complexity index is 1200. The molecule has 32 heavy (non-hydrogen) atoms. The molecule has 0 aliphatic carbocycles. The van der Waals surface area contributed by atoms with Gasteiger partial charge in [0.25, 0.3) is 5.91 Å². The van der Waals surface area contributed by atoms with Crippen LogP contribution >= 0.6 is 0 Å². The molecule has 1 amide bonds. The number of nitrogens with zero attached hydrogens (tertiary/aromatic N) is 2. The predicted octanol–water partition coefficient (Wildman–Crippen LogP) is 2.11. The van der Waals surface area contributed by atoms with Gasteiger partial charge in [-0.3, -0.25) is 4.79 Å². The van der Waals surface area contributed by atoms with Crippen LogP contribution in [0.3, 0.4) is 0 Å². The number of benzene rings is 2. The van der Waals surface area contributed by atoms with Gasteiger partial charge < -0.3 is 19.9 Å². The van der Waals surface area contributed by atoms with Crippen LogP contribution in [0.4, 0.5) is 5.69 Å². The van der Waals surface area contributed by atoms with Gasteiger partial charge in [0.1, 0.15) is 23.0 Å². The Hall–Kier alpha value is -4.13. The summed E-state index contributed by atoms with van der Waals surface area (Å²) in [4.78, 5) is 32.7. The lowest BCUT2D eigenvalue weighted by atomic mass is 9.67. The number of amides is 1. The third-order valence-corrected chi connectivity index (χ3v) is 5.30. The average Bonchev–Trinajstić information content (AvgIpc) is 3.06. The number of anilines is 1. The molecule has 2 heterocycles. The summed E-state index contributed by atoms with van der Waals surface area (Å²) < 4.78 is 15.8. The molecule has 0 saturated carbocycles. The molecule has 2 aliphatic heterocycles. The van der Waals surface area contributed by atoms with Crippen molar-refractivity contribution in [1.29, 1.82) is 5.26 Å². The minimum Gasteiger partial charge on any atom is -0.466 e. The van der Waals surface area contributed by atoms with E-state index in [1.54, 1.807) is 54.6 Å². The number of ether oxygens (including phenoxy) is 3. The van der Waals surface area contributed by atoms with Crippen LogP contribution in [0.25, 0.3) is 5.76 Å². The van der Waals surface area contributed by atoms with Crippen molar-refractivity contribution in [2.75, 3.05) is 26.1 Å². The maximum atomic E-state index is 14.0. The molecule has 0 unspecified atom stereocenters. The number of rotatable bonds is 5. The second-order valence-corrected chi connectivity index (χ2v) is 6.92. The van der Waals surface area contributed by atoms with E-state index in [0.29, 0.717) is 16.8 Å². The summed E-state index contributed by atoms with van der Waals surface area (Å²) in [5.74, 6) is -1.84. The molecular formula is C23H19N3O6. The van der Waals surface area contributed by atoms with Crippen LogP contribution in [0.15, 0.2) is 71.6 Å². The van der Waals surface area contributed by atoms with Crippen molar-refractivity contribution in [3.63, 3.8) is 0 Å². The van der Waals surface area contributed by atoms with Crippen LogP contribution in [0.2, 0.25) is 0 Å². The molecule has 9 heteroatoms. The second-order valence-electron chi connectivity index (χ2n) is 6.92. The monoisotopic (exact) mass is 433 g/mol. The van der Waals surface area contributed by atoms with Gasteiger partial charge in [-0.2, -0.15) is 10.3 Å². The number of methoxy groups -OCH3 is 2. The zero-order chi connectivity index (χ0) is 22.9. The average molecular weight is 433 g/mol. The maximum absolute atomic E-state index is 14.0. The number of para-hydroxylation sites is 1. The summed E-state index contributed by atoms with van der Waals surface area (Å²) >= 11 is 0. The Morgan fingerprint density at radius 1 is 1.16 bits per heavy atom. The van der Waals surface area contributed by atoms with Crippen molar-refractivity contribution in [3.8, 4) is 6.07 Å². The zero-order valence-corrected chi connectivity index (χ0v) is 17.3. The summed E-state index contributed by atoms with van der Waals surface area (Å²) in [5, 5.41) is 11.0. The fraction of sp³-hybridized carbons (Fsp3) is 0.174. The molecule has 2 N–H and O–H groups in total. The van der Waals surface area contributed by atoms with E-state index in [1.807, 2.05) is 6.07 Å². The molecule has 1 spiro atoms. The normalized spacial score (nSPS) is 19.7. The summed E-state index contributed by atoms with van der Waals surface area (Å²) in [6.07, 6.45) is 0. The van der Waals surface area contributed by atoms with Gasteiger partial charge in [0.2, 0.25) is 5.88 Å². The van der Waals surface area contributed by atoms with Crippen LogP contribution in [0, 0.1) is 11.3 Å². The lowest BCUT2D eigenvalue weighted by molar-refractivity contribution is -0.140. The highest BCUT2D eigenvalue weighted by Crippen LogP contribution is 2.55. The molecule has 0 radical (unpaired) electrons. The van der Waals surface area contributed by atoms with Crippen LogP contribution in [-0.4, -0.2) is 32.9 Å². The Kier molecular flexibility index (Phi) is 5.40. The number of fused-ring (bicyclic) bond motifs is 2. The van der Waals surface area contributed by atoms with Gasteiger partial charge in [-0.1, -0.05) is 48.5 Å². The third kappa shape index (κ3) is 2.85. The first-order chi connectivity index (χ1) is 15.5. The number of nitriles is 1. The van der Waals surface area contributed by atoms with Crippen LogP contribution < -0.4 is 10.8 Å². The number of carbonyl (C=O) groups is 2. The molecule has 2 aromatic carbocycles. The van der Waals surface area contributed by atoms with Gasteiger partial charge in [-0.15, -0.1) is 0 Å². The van der Waals surface area contributed by atoms with E-state index < -0.39 is 17.3 Å². The van der Waals surface area contributed by atoms with Gasteiger partial charge in [0, 0.05) is 18.2 Å². The largest absolute Gasteiger partial charge is 0.466 e. The van der Waals surface area contributed by atoms with Crippen LogP contribution in [-0.2, 0) is 34.1 Å². The molecule has 0 aromatic heterocycles. The van der Waals surface area contributed by atoms with Crippen LogP contribution in [0.1, 0.15) is 11.1 Å². The van der Waals surface area contributed by atoms with Crippen molar-refractivity contribution in [3.05, 3.63) is 82.8 Å². The van der Waals surface area contributed by atoms with Crippen molar-refractivity contribution in [1.82, 2.24) is 0 Å². The van der Waals surface area contributed by atoms with Gasteiger partial charge >= 0.3 is 5.97 Å². The van der Waals surface area contributed by atoms with E-state index >= 15 is 0 Å². The number of carbonyl (C=O) groups excluding carboxylic acids is 2. The molecular weight excluding hydrogens is 414 g/mol. The Morgan fingerprint density at radius 2 is 1.84 bits per heavy atom. The number of nitrogens with two attached hydrogens (primary N) is 1. The quantitative estimate of drug-likeness (QED) is 0.562. The zero-order valence-electron chi connectivity index (χ0n) is 17.3. The minimum absolute atomic E-state index is 0.0192. The minimum atomic E-state index is -1.93. The van der Waals surface area contributed by atoms with Gasteiger partial charge in [0.15, 0.2) is 12.2 Å². The van der Waals surface area contributed by atoms with Crippen molar-refractivity contribution < 1.29 is 28.6 Å². The van der Waals surface area contributed by atoms with Crippen molar-refractivity contribution in [2.45, 2.75) is 5.41 Å². The van der Waals surface area contributed by atoms with E-state index in [4.69, 9.17) is 24.8 Å². The van der Waals surface area contributed by atoms with Gasteiger partial charge in [0.05, 0.1) is 12.8 Å². The highest BCUT2D eigenvalue weighted by Gasteiger charge is 2.63. The number of hydrogen-bond acceptors (Lipinski definition) is 8. The number of hydrogen-bond donors (Lipinski definition) is 1. The Balaban J connectivity index is 2.12. The smallest absolute Gasteiger partial charge is 0.339 e. The van der Waals surface area contributed by atoms with Gasteiger partial charge in [-0.25, -0.2) is 9.63 Å². The molecule has 9 nitrogen and oxygen atoms in total. The van der Waals surface area contributed by atoms with E-state index in [9.17, 15) is 14.9 Å². The molecule has 2 aliphatic rings. The van der Waals surface area contributed by atoms with E-state index in [2.05, 4.69) is 0 Å².